The van der Waals surface area contributed by atoms with Gasteiger partial charge in [-0.15, -0.1) is 10.2 Å². The zero-order valence-corrected chi connectivity index (χ0v) is 12.7. The van der Waals surface area contributed by atoms with Crippen molar-refractivity contribution in [2.75, 3.05) is 6.54 Å². The fourth-order valence-electron chi connectivity index (χ4n) is 2.96. The van der Waals surface area contributed by atoms with Crippen molar-refractivity contribution in [3.8, 4) is 0 Å². The Morgan fingerprint density at radius 1 is 1.30 bits per heavy atom. The smallest absolute Gasteiger partial charge is 0.312 e. The molecule has 1 saturated carbocycles. The summed E-state index contributed by atoms with van der Waals surface area (Å²) in [6.45, 7) is 0.723. The van der Waals surface area contributed by atoms with Gasteiger partial charge >= 0.3 is 5.97 Å². The summed E-state index contributed by atoms with van der Waals surface area (Å²) in [7, 11) is 0. The molecule has 7 nitrogen and oxygen atoms in total. The largest absolute Gasteiger partial charge is 0.457 e. The maximum absolute atomic E-state index is 12.5. The van der Waals surface area contributed by atoms with Crippen molar-refractivity contribution < 1.29 is 9.53 Å². The van der Waals surface area contributed by atoms with E-state index in [1.807, 2.05) is 34.9 Å². The van der Waals surface area contributed by atoms with Gasteiger partial charge in [-0.2, -0.15) is 0 Å². The molecule has 0 amide bonds. The van der Waals surface area contributed by atoms with Crippen molar-refractivity contribution >= 4 is 5.97 Å². The Labute approximate surface area is 134 Å². The highest BCUT2D eigenvalue weighted by atomic mass is 16.5. The number of carbonyl (C=O) groups is 1. The monoisotopic (exact) mass is 313 g/mol. The molecule has 0 bridgehead atoms. The van der Waals surface area contributed by atoms with Gasteiger partial charge in [-0.1, -0.05) is 30.3 Å². The van der Waals surface area contributed by atoms with E-state index in [1.54, 1.807) is 6.33 Å². The first-order valence-electron chi connectivity index (χ1n) is 7.91. The lowest BCUT2D eigenvalue weighted by Gasteiger charge is -2.17. The lowest BCUT2D eigenvalue weighted by Crippen LogP contribution is -2.27. The summed E-state index contributed by atoms with van der Waals surface area (Å²) in [6.07, 6.45) is 4.00. The zero-order valence-electron chi connectivity index (χ0n) is 12.7. The maximum atomic E-state index is 12.5. The number of rotatable bonds is 5. The Kier molecular flexibility index (Phi) is 3.80. The molecule has 120 valence electrons. The summed E-state index contributed by atoms with van der Waals surface area (Å²) in [4.78, 5) is 12.5. The van der Waals surface area contributed by atoms with Crippen LogP contribution in [0.1, 0.15) is 36.3 Å². The Balaban J connectivity index is 1.41. The highest BCUT2D eigenvalue weighted by Gasteiger charge is 2.35. The summed E-state index contributed by atoms with van der Waals surface area (Å²) in [6, 6.07) is 10.3. The van der Waals surface area contributed by atoms with Crippen LogP contribution in [0.2, 0.25) is 0 Å². The molecule has 4 rings (SSSR count). The van der Waals surface area contributed by atoms with E-state index in [0.29, 0.717) is 12.6 Å². The average molecular weight is 313 g/mol. The van der Waals surface area contributed by atoms with Gasteiger partial charge in [-0.3, -0.25) is 10.2 Å². The van der Waals surface area contributed by atoms with E-state index >= 15 is 0 Å². The van der Waals surface area contributed by atoms with Crippen LogP contribution < -0.4 is 10.9 Å². The number of nitrogens with zero attached hydrogens (tertiary/aromatic N) is 3. The maximum Gasteiger partial charge on any atom is 0.312 e. The van der Waals surface area contributed by atoms with Crippen LogP contribution in [0, 0.1) is 5.92 Å². The predicted octanol–water partition coefficient (Wildman–Crippen LogP) is 1.12. The molecule has 0 radical (unpaired) electrons. The van der Waals surface area contributed by atoms with Crippen LogP contribution in [0.3, 0.4) is 0 Å². The number of nitrogens with one attached hydrogen (secondary N) is 2. The van der Waals surface area contributed by atoms with Crippen molar-refractivity contribution in [2.24, 2.45) is 5.92 Å². The quantitative estimate of drug-likeness (QED) is 0.805. The van der Waals surface area contributed by atoms with Gasteiger partial charge in [0.15, 0.2) is 12.4 Å². The molecule has 2 aromatic rings. The summed E-state index contributed by atoms with van der Waals surface area (Å²) < 4.78 is 7.51. The average Bonchev–Trinajstić information content (AvgIpc) is 3.13. The second-order valence-electron chi connectivity index (χ2n) is 6.01. The number of esters is 1. The molecule has 0 spiro atoms. The fraction of sp³-hybridized carbons (Fsp3) is 0.438. The molecule has 2 aliphatic rings. The van der Waals surface area contributed by atoms with E-state index in [2.05, 4.69) is 21.0 Å². The van der Waals surface area contributed by atoms with Crippen molar-refractivity contribution in [3.63, 3.8) is 0 Å². The van der Waals surface area contributed by atoms with Crippen LogP contribution in [-0.2, 0) is 16.1 Å². The third kappa shape index (κ3) is 2.97. The molecule has 2 heterocycles. The van der Waals surface area contributed by atoms with Gasteiger partial charge in [0.1, 0.15) is 6.33 Å². The Bertz CT molecular complexity index is 683. The predicted molar refractivity (Wildman–Crippen MR) is 81.9 cm³/mol. The van der Waals surface area contributed by atoms with E-state index in [-0.39, 0.29) is 24.5 Å². The molecule has 2 atom stereocenters. The zero-order chi connectivity index (χ0) is 15.6. The number of hydrazine groups is 1. The van der Waals surface area contributed by atoms with Crippen LogP contribution in [0.15, 0.2) is 36.7 Å². The molecule has 2 unspecified atom stereocenters. The van der Waals surface area contributed by atoms with Crippen LogP contribution in [0.25, 0.3) is 0 Å². The standard InChI is InChI=1S/C16H19N5O2/c22-16(23-9-14-19-18-10-21(14)12-6-7-12)13-8-17-20-15(13)11-4-2-1-3-5-11/h1-5,10,12-13,15,17,20H,6-9H2. The fourth-order valence-corrected chi connectivity index (χ4v) is 2.96. The third-order valence-corrected chi connectivity index (χ3v) is 4.37. The molecule has 23 heavy (non-hydrogen) atoms. The lowest BCUT2D eigenvalue weighted by atomic mass is 9.95. The SMILES string of the molecule is O=C(OCc1nncn1C1CC1)C1CNNC1c1ccccc1. The third-order valence-electron chi connectivity index (χ3n) is 4.37. The van der Waals surface area contributed by atoms with Gasteiger partial charge in [0.25, 0.3) is 0 Å². The first kappa shape index (κ1) is 14.3. The Morgan fingerprint density at radius 3 is 2.91 bits per heavy atom. The van der Waals surface area contributed by atoms with Gasteiger partial charge < -0.3 is 9.30 Å². The molecule has 1 aromatic carbocycles. The normalized spacial score (nSPS) is 23.8. The number of benzene rings is 1. The van der Waals surface area contributed by atoms with Gasteiger partial charge in [0.05, 0.1) is 12.0 Å². The number of hydrogen-bond donors (Lipinski definition) is 2. The van der Waals surface area contributed by atoms with Crippen molar-refractivity contribution in [2.45, 2.75) is 31.5 Å². The van der Waals surface area contributed by atoms with Gasteiger partial charge in [-0.05, 0) is 18.4 Å². The van der Waals surface area contributed by atoms with Crippen molar-refractivity contribution in [1.29, 1.82) is 0 Å². The first-order valence-corrected chi connectivity index (χ1v) is 7.91. The summed E-state index contributed by atoms with van der Waals surface area (Å²) >= 11 is 0. The topological polar surface area (TPSA) is 81.1 Å². The second kappa shape index (κ2) is 6.10. The molecular formula is C16H19N5O2. The number of hydrogen-bond acceptors (Lipinski definition) is 6. The second-order valence-corrected chi connectivity index (χ2v) is 6.01. The van der Waals surface area contributed by atoms with E-state index in [9.17, 15) is 4.79 Å². The molecule has 2 N–H and O–H groups in total. The van der Waals surface area contributed by atoms with Crippen LogP contribution >= 0.6 is 0 Å². The molecule has 1 saturated heterocycles. The molecule has 1 aliphatic carbocycles. The number of aromatic nitrogens is 3. The lowest BCUT2D eigenvalue weighted by molar-refractivity contribution is -0.150. The van der Waals surface area contributed by atoms with Crippen molar-refractivity contribution in [1.82, 2.24) is 25.6 Å². The van der Waals surface area contributed by atoms with Gasteiger partial charge in [0.2, 0.25) is 0 Å². The summed E-state index contributed by atoms with van der Waals surface area (Å²) in [5.74, 6) is 0.243. The molecular weight excluding hydrogens is 294 g/mol. The Morgan fingerprint density at radius 2 is 2.13 bits per heavy atom. The molecule has 1 aromatic heterocycles. The molecule has 2 fully saturated rings. The minimum Gasteiger partial charge on any atom is -0.457 e. The Hall–Kier alpha value is -2.25. The van der Waals surface area contributed by atoms with Crippen LogP contribution in [0.5, 0.6) is 0 Å². The molecule has 1 aliphatic heterocycles. The van der Waals surface area contributed by atoms with E-state index in [0.717, 1.165) is 24.2 Å². The minimum absolute atomic E-state index is 0.0787. The van der Waals surface area contributed by atoms with Crippen molar-refractivity contribution in [3.05, 3.63) is 48.0 Å². The van der Waals surface area contributed by atoms with E-state index in [4.69, 9.17) is 4.74 Å². The molecule has 7 heteroatoms. The minimum atomic E-state index is -0.255. The highest BCUT2D eigenvalue weighted by molar-refractivity contribution is 5.74. The van der Waals surface area contributed by atoms with Gasteiger partial charge in [0, 0.05) is 12.6 Å². The first-order chi connectivity index (χ1) is 11.3. The summed E-state index contributed by atoms with van der Waals surface area (Å²) in [5, 5.41) is 7.98. The van der Waals surface area contributed by atoms with Gasteiger partial charge in [-0.25, -0.2) is 5.43 Å². The highest BCUT2D eigenvalue weighted by Crippen LogP contribution is 2.35. The number of ether oxygens (including phenoxy) is 1. The summed E-state index contributed by atoms with van der Waals surface area (Å²) in [5.41, 5.74) is 7.27. The van der Waals surface area contributed by atoms with E-state index in [1.165, 1.54) is 0 Å². The van der Waals surface area contributed by atoms with E-state index < -0.39 is 0 Å². The van der Waals surface area contributed by atoms with Crippen LogP contribution in [-0.4, -0.2) is 27.3 Å². The van der Waals surface area contributed by atoms with Crippen LogP contribution in [0.4, 0.5) is 0 Å². The number of carbonyl (C=O) groups excluding carboxylic acids is 1.